The Labute approximate surface area is 268 Å². The summed E-state index contributed by atoms with van der Waals surface area (Å²) in [7, 11) is 1.81. The molecule has 1 aliphatic rings. The largest absolute Gasteiger partial charge is 0.488 e. The molecule has 1 heterocycles. The molecule has 0 unspecified atom stereocenters. The predicted molar refractivity (Wildman–Crippen MR) is 180 cm³/mol. The van der Waals surface area contributed by atoms with Crippen molar-refractivity contribution in [3.8, 4) is 5.75 Å². The van der Waals surface area contributed by atoms with Crippen LogP contribution in [0.3, 0.4) is 0 Å². The van der Waals surface area contributed by atoms with Crippen LogP contribution in [0.4, 0.5) is 0 Å². The quantitative estimate of drug-likeness (QED) is 0.188. The smallest absolute Gasteiger partial charge is 0.223 e. The van der Waals surface area contributed by atoms with Crippen LogP contribution in [0, 0.1) is 20.8 Å². The van der Waals surface area contributed by atoms with Crippen LogP contribution in [0.5, 0.6) is 5.75 Å². The summed E-state index contributed by atoms with van der Waals surface area (Å²) >= 11 is 0. The third kappa shape index (κ3) is 8.20. The molecule has 6 nitrogen and oxygen atoms in total. The topological polar surface area (TPSA) is 53.1 Å². The third-order valence-electron chi connectivity index (χ3n) is 8.81. The molecule has 0 aliphatic carbocycles. The Bertz CT molecular complexity index is 1520. The highest BCUT2D eigenvalue weighted by molar-refractivity contribution is 5.83. The van der Waals surface area contributed by atoms with E-state index in [4.69, 9.17) is 4.74 Å². The number of ether oxygens (including phenoxy) is 1. The maximum absolute atomic E-state index is 13.1. The molecule has 0 saturated carbocycles. The molecule has 0 atom stereocenters. The van der Waals surface area contributed by atoms with Crippen molar-refractivity contribution in [2.75, 3.05) is 33.2 Å². The summed E-state index contributed by atoms with van der Waals surface area (Å²) < 4.78 is 6.20. The van der Waals surface area contributed by atoms with Crippen molar-refractivity contribution in [3.63, 3.8) is 0 Å². The molecule has 0 aromatic heterocycles. The summed E-state index contributed by atoms with van der Waals surface area (Å²) in [6, 6.07) is 33.7. The molecule has 6 heteroatoms. The summed E-state index contributed by atoms with van der Waals surface area (Å²) in [6.07, 6.45) is 0.440. The van der Waals surface area contributed by atoms with Gasteiger partial charge in [0.25, 0.3) is 0 Å². The van der Waals surface area contributed by atoms with Gasteiger partial charge in [0.2, 0.25) is 11.8 Å². The van der Waals surface area contributed by atoms with Crippen molar-refractivity contribution in [1.29, 1.82) is 0 Å². The molecular formula is C39H45N3O3. The number of carbonyl (C=O) groups is 2. The number of benzene rings is 4. The van der Waals surface area contributed by atoms with Crippen LogP contribution >= 0.6 is 0 Å². The van der Waals surface area contributed by atoms with Gasteiger partial charge >= 0.3 is 0 Å². The van der Waals surface area contributed by atoms with Crippen molar-refractivity contribution in [3.05, 3.63) is 136 Å². The maximum atomic E-state index is 13.1. The first-order chi connectivity index (χ1) is 21.8. The van der Waals surface area contributed by atoms with E-state index < -0.39 is 0 Å². The second-order valence-electron chi connectivity index (χ2n) is 12.2. The maximum Gasteiger partial charge on any atom is 0.223 e. The summed E-state index contributed by atoms with van der Waals surface area (Å²) in [5.74, 6) is 0.917. The molecule has 234 valence electrons. The van der Waals surface area contributed by atoms with E-state index in [1.165, 1.54) is 22.3 Å². The van der Waals surface area contributed by atoms with Gasteiger partial charge in [-0.15, -0.1) is 0 Å². The highest BCUT2D eigenvalue weighted by Gasteiger charge is 2.28. The van der Waals surface area contributed by atoms with Crippen molar-refractivity contribution in [1.82, 2.24) is 14.7 Å². The lowest BCUT2D eigenvalue weighted by atomic mass is 9.96. The Morgan fingerprint density at radius 3 is 1.87 bits per heavy atom. The van der Waals surface area contributed by atoms with Gasteiger partial charge in [0.1, 0.15) is 12.4 Å². The zero-order valence-electron chi connectivity index (χ0n) is 27.0. The fourth-order valence-electron chi connectivity index (χ4n) is 6.32. The Kier molecular flexibility index (Phi) is 10.7. The number of aryl methyl sites for hydroxylation is 3. The molecule has 1 fully saturated rings. The van der Waals surface area contributed by atoms with Gasteiger partial charge in [0, 0.05) is 52.6 Å². The Morgan fingerprint density at radius 1 is 0.733 bits per heavy atom. The van der Waals surface area contributed by atoms with Crippen molar-refractivity contribution < 1.29 is 14.3 Å². The van der Waals surface area contributed by atoms with Crippen molar-refractivity contribution in [2.24, 2.45) is 0 Å². The fraction of sp³-hybridized carbons (Fsp3) is 0.333. The van der Waals surface area contributed by atoms with Crippen LogP contribution in [0.2, 0.25) is 0 Å². The van der Waals surface area contributed by atoms with E-state index in [0.717, 1.165) is 35.5 Å². The number of amides is 2. The van der Waals surface area contributed by atoms with Crippen LogP contribution in [-0.2, 0) is 22.7 Å². The molecule has 4 aromatic carbocycles. The summed E-state index contributed by atoms with van der Waals surface area (Å²) in [4.78, 5) is 32.3. The highest BCUT2D eigenvalue weighted by Crippen LogP contribution is 2.30. The molecule has 0 N–H and O–H groups in total. The second kappa shape index (κ2) is 15.0. The number of piperazine rings is 1. The lowest BCUT2D eigenvalue weighted by Crippen LogP contribution is -2.50. The minimum absolute atomic E-state index is 0.0228. The first kappa shape index (κ1) is 32.0. The van der Waals surface area contributed by atoms with Crippen LogP contribution in [0.15, 0.2) is 97.1 Å². The zero-order chi connectivity index (χ0) is 31.8. The van der Waals surface area contributed by atoms with E-state index in [9.17, 15) is 9.59 Å². The molecule has 1 saturated heterocycles. The van der Waals surface area contributed by atoms with Gasteiger partial charge in [-0.3, -0.25) is 14.5 Å². The van der Waals surface area contributed by atoms with Gasteiger partial charge in [-0.25, -0.2) is 0 Å². The molecule has 0 bridgehead atoms. The Balaban J connectivity index is 1.11. The number of rotatable bonds is 11. The minimum Gasteiger partial charge on any atom is -0.488 e. The number of nitrogens with zero attached hydrogens (tertiary/aromatic N) is 3. The van der Waals surface area contributed by atoms with E-state index in [1.54, 1.807) is 4.90 Å². The average molecular weight is 604 g/mol. The Morgan fingerprint density at radius 2 is 1.29 bits per heavy atom. The summed E-state index contributed by atoms with van der Waals surface area (Å²) in [6.45, 7) is 10.1. The SMILES string of the molecule is Cc1ccccc1COc1c(C)cc(CN(C)C(=O)CCC(=O)N2CCN(C(c3ccccc3)c3ccccc3)CC2)cc1C. The van der Waals surface area contributed by atoms with Gasteiger partial charge < -0.3 is 14.5 Å². The molecule has 1 aliphatic heterocycles. The Hall–Kier alpha value is -4.42. The standard InChI is InChI=1S/C39H45N3O3/c1-29-13-11-12-18-35(29)28-45-39-30(2)25-32(26-31(39)3)27-40(4)36(43)19-20-37(44)41-21-23-42(24-22-41)38(33-14-7-5-8-15-33)34-16-9-6-10-17-34/h5-18,25-26,38H,19-24,27-28H2,1-4H3. The first-order valence-corrected chi connectivity index (χ1v) is 15.9. The highest BCUT2D eigenvalue weighted by atomic mass is 16.5. The van der Waals surface area contributed by atoms with Crippen LogP contribution in [-0.4, -0.2) is 59.7 Å². The normalized spacial score (nSPS) is 13.6. The van der Waals surface area contributed by atoms with Gasteiger partial charge in [-0.1, -0.05) is 97.1 Å². The third-order valence-corrected chi connectivity index (χ3v) is 8.81. The van der Waals surface area contributed by atoms with Gasteiger partial charge in [-0.05, 0) is 59.7 Å². The van der Waals surface area contributed by atoms with Crippen molar-refractivity contribution >= 4 is 11.8 Å². The van der Waals surface area contributed by atoms with Crippen LogP contribution in [0.1, 0.15) is 57.8 Å². The van der Waals surface area contributed by atoms with Gasteiger partial charge in [-0.2, -0.15) is 0 Å². The summed E-state index contributed by atoms with van der Waals surface area (Å²) in [5, 5.41) is 0. The first-order valence-electron chi connectivity index (χ1n) is 15.9. The zero-order valence-corrected chi connectivity index (χ0v) is 27.0. The number of hydrogen-bond donors (Lipinski definition) is 0. The van der Waals surface area contributed by atoms with E-state index in [1.807, 2.05) is 50.1 Å². The number of hydrogen-bond acceptors (Lipinski definition) is 4. The van der Waals surface area contributed by atoms with Crippen LogP contribution in [0.25, 0.3) is 0 Å². The van der Waals surface area contributed by atoms with E-state index in [2.05, 4.69) is 84.6 Å². The van der Waals surface area contributed by atoms with E-state index >= 15 is 0 Å². The molecule has 5 rings (SSSR count). The van der Waals surface area contributed by atoms with Gasteiger partial charge in [0.15, 0.2) is 0 Å². The average Bonchev–Trinajstić information content (AvgIpc) is 3.05. The van der Waals surface area contributed by atoms with Gasteiger partial charge in [0.05, 0.1) is 6.04 Å². The minimum atomic E-state index is -0.0228. The van der Waals surface area contributed by atoms with Crippen LogP contribution < -0.4 is 4.74 Å². The van der Waals surface area contributed by atoms with E-state index in [-0.39, 0.29) is 30.7 Å². The van der Waals surface area contributed by atoms with E-state index in [0.29, 0.717) is 26.2 Å². The molecule has 2 amide bonds. The van der Waals surface area contributed by atoms with Crippen molar-refractivity contribution in [2.45, 2.75) is 52.8 Å². The predicted octanol–water partition coefficient (Wildman–Crippen LogP) is 6.86. The lowest BCUT2D eigenvalue weighted by molar-refractivity contribution is -0.137. The second-order valence-corrected chi connectivity index (χ2v) is 12.2. The molecule has 0 radical (unpaired) electrons. The molecule has 0 spiro atoms. The molecule has 4 aromatic rings. The fourth-order valence-corrected chi connectivity index (χ4v) is 6.32. The summed E-state index contributed by atoms with van der Waals surface area (Å²) in [5.41, 5.74) is 8.05. The number of carbonyl (C=O) groups excluding carboxylic acids is 2. The monoisotopic (exact) mass is 603 g/mol. The lowest BCUT2D eigenvalue weighted by Gasteiger charge is -2.40. The molecule has 45 heavy (non-hydrogen) atoms. The molecular weight excluding hydrogens is 558 g/mol.